The van der Waals surface area contributed by atoms with Crippen LogP contribution >= 0.6 is 0 Å². The molecule has 31 heavy (non-hydrogen) atoms. The molecular formula is C20H23FN6O4. The van der Waals surface area contributed by atoms with Crippen molar-refractivity contribution in [2.45, 2.75) is 19.6 Å². The van der Waals surface area contributed by atoms with E-state index in [1.54, 1.807) is 19.3 Å². The molecule has 0 radical (unpaired) electrons. The van der Waals surface area contributed by atoms with Gasteiger partial charge in [-0.1, -0.05) is 0 Å². The molecule has 1 amide bonds. The van der Waals surface area contributed by atoms with E-state index in [0.29, 0.717) is 49.6 Å². The molecule has 2 aliphatic heterocycles. The Labute approximate surface area is 177 Å². The van der Waals surface area contributed by atoms with Crippen molar-refractivity contribution in [1.29, 1.82) is 0 Å². The van der Waals surface area contributed by atoms with E-state index >= 15 is 0 Å². The molecule has 1 saturated heterocycles. The van der Waals surface area contributed by atoms with Crippen LogP contribution in [0.3, 0.4) is 0 Å². The first-order valence-electron chi connectivity index (χ1n) is 10.0. The minimum absolute atomic E-state index is 0.000633. The second kappa shape index (κ2) is 9.13. The Bertz CT molecular complexity index is 1100. The number of hydrogen-bond acceptors (Lipinski definition) is 8. The maximum absolute atomic E-state index is 14.4. The molecule has 2 aliphatic rings. The summed E-state index contributed by atoms with van der Waals surface area (Å²) in [4.78, 5) is 33.7. The Morgan fingerprint density at radius 2 is 2.26 bits per heavy atom. The summed E-state index contributed by atoms with van der Waals surface area (Å²) in [6, 6.07) is 2.79. The van der Waals surface area contributed by atoms with Gasteiger partial charge in [0.15, 0.2) is 11.6 Å². The number of carbonyl (C=O) groups is 1. The standard InChI is InChI=1S/C20H23FN6O4/c1-2-26-17(28)11-25-15-4-3-14(21)19(18(15)26)30-8-7-23-9-13-12-27(20(29)31-13)16-10-22-5-6-24-16/h3-5,10-11,13,23-24H,2,6-9,12H2,1H3/t13-/m0/s1. The highest BCUT2D eigenvalue weighted by molar-refractivity contribution is 5.81. The topological polar surface area (TPSA) is 110 Å². The molecular weight excluding hydrogens is 407 g/mol. The quantitative estimate of drug-likeness (QED) is 0.597. The second-order valence-corrected chi connectivity index (χ2v) is 6.98. The zero-order valence-corrected chi connectivity index (χ0v) is 17.0. The molecule has 10 nitrogen and oxygen atoms in total. The van der Waals surface area contributed by atoms with E-state index in [9.17, 15) is 14.0 Å². The SMILES string of the molecule is CCn1c(=O)cnc2ccc(F)c(OCCNC[C@H]3CN(C4=CN=CCN4)C(=O)O3)c21. The number of amides is 1. The molecule has 0 bridgehead atoms. The van der Waals surface area contributed by atoms with Crippen LogP contribution in [-0.2, 0) is 11.3 Å². The highest BCUT2D eigenvalue weighted by atomic mass is 19.1. The average molecular weight is 430 g/mol. The summed E-state index contributed by atoms with van der Waals surface area (Å²) >= 11 is 0. The van der Waals surface area contributed by atoms with Crippen molar-refractivity contribution in [3.05, 3.63) is 46.5 Å². The summed E-state index contributed by atoms with van der Waals surface area (Å²) in [5, 5.41) is 6.22. The second-order valence-electron chi connectivity index (χ2n) is 6.98. The Morgan fingerprint density at radius 1 is 1.39 bits per heavy atom. The fraction of sp³-hybridized carbons (Fsp3) is 0.400. The summed E-state index contributed by atoms with van der Waals surface area (Å²) in [7, 11) is 0. The lowest BCUT2D eigenvalue weighted by atomic mass is 10.2. The normalized spacial score (nSPS) is 18.1. The number of hydrogen-bond donors (Lipinski definition) is 2. The lowest BCUT2D eigenvalue weighted by Crippen LogP contribution is -2.36. The predicted octanol–water partition coefficient (Wildman–Crippen LogP) is 0.818. The molecule has 0 aliphatic carbocycles. The fourth-order valence-electron chi connectivity index (χ4n) is 3.51. The largest absolute Gasteiger partial charge is 0.487 e. The maximum Gasteiger partial charge on any atom is 0.415 e. The number of ether oxygens (including phenoxy) is 2. The molecule has 1 aromatic heterocycles. The zero-order chi connectivity index (χ0) is 21.8. The number of aryl methyl sites for hydroxylation is 1. The summed E-state index contributed by atoms with van der Waals surface area (Å²) in [6.07, 6.45) is 3.75. The van der Waals surface area contributed by atoms with Gasteiger partial charge in [-0.25, -0.2) is 14.2 Å². The predicted molar refractivity (Wildman–Crippen MR) is 112 cm³/mol. The molecule has 0 spiro atoms. The minimum Gasteiger partial charge on any atom is -0.487 e. The van der Waals surface area contributed by atoms with Gasteiger partial charge in [-0.3, -0.25) is 14.7 Å². The van der Waals surface area contributed by atoms with E-state index in [2.05, 4.69) is 20.6 Å². The van der Waals surface area contributed by atoms with Gasteiger partial charge < -0.3 is 24.7 Å². The minimum atomic E-state index is -0.557. The van der Waals surface area contributed by atoms with Crippen LogP contribution in [0.1, 0.15) is 6.92 Å². The first-order valence-corrected chi connectivity index (χ1v) is 10.0. The lowest BCUT2D eigenvalue weighted by molar-refractivity contribution is 0.133. The third-order valence-electron chi connectivity index (χ3n) is 4.97. The molecule has 2 N–H and O–H groups in total. The van der Waals surface area contributed by atoms with Gasteiger partial charge in [0.1, 0.15) is 24.0 Å². The van der Waals surface area contributed by atoms with Crippen LogP contribution in [0.25, 0.3) is 11.0 Å². The van der Waals surface area contributed by atoms with E-state index in [0.717, 1.165) is 0 Å². The molecule has 1 fully saturated rings. The summed E-state index contributed by atoms with van der Waals surface area (Å²) in [5.74, 6) is 0.0550. The van der Waals surface area contributed by atoms with Gasteiger partial charge in [-0.05, 0) is 19.1 Å². The van der Waals surface area contributed by atoms with Gasteiger partial charge >= 0.3 is 6.09 Å². The van der Waals surface area contributed by atoms with Gasteiger partial charge in [-0.2, -0.15) is 0 Å². The van der Waals surface area contributed by atoms with Crippen LogP contribution in [0, 0.1) is 5.82 Å². The van der Waals surface area contributed by atoms with Crippen molar-refractivity contribution in [2.75, 3.05) is 32.8 Å². The summed E-state index contributed by atoms with van der Waals surface area (Å²) in [5.41, 5.74) is 0.509. The summed E-state index contributed by atoms with van der Waals surface area (Å²) in [6.45, 7) is 4.10. The van der Waals surface area contributed by atoms with Crippen LogP contribution < -0.4 is 20.9 Å². The van der Waals surface area contributed by atoms with E-state index < -0.39 is 11.9 Å². The van der Waals surface area contributed by atoms with Crippen molar-refractivity contribution in [3.63, 3.8) is 0 Å². The van der Waals surface area contributed by atoms with E-state index in [1.165, 1.54) is 27.8 Å². The molecule has 164 valence electrons. The number of nitrogens with one attached hydrogen (secondary N) is 2. The number of carbonyl (C=O) groups excluding carboxylic acids is 1. The van der Waals surface area contributed by atoms with Crippen LogP contribution in [0.4, 0.5) is 9.18 Å². The number of nitrogens with zero attached hydrogens (tertiary/aromatic N) is 4. The Kier molecular flexibility index (Phi) is 6.12. The molecule has 2 aromatic rings. The van der Waals surface area contributed by atoms with Crippen molar-refractivity contribution in [3.8, 4) is 5.75 Å². The highest BCUT2D eigenvalue weighted by Crippen LogP contribution is 2.26. The molecule has 4 rings (SSSR count). The van der Waals surface area contributed by atoms with Crippen molar-refractivity contribution >= 4 is 23.3 Å². The summed E-state index contributed by atoms with van der Waals surface area (Å²) < 4.78 is 26.9. The van der Waals surface area contributed by atoms with Gasteiger partial charge in [0.05, 0.1) is 31.0 Å². The first kappa shape index (κ1) is 20.8. The third kappa shape index (κ3) is 4.36. The molecule has 3 heterocycles. The molecule has 0 unspecified atom stereocenters. The van der Waals surface area contributed by atoms with Crippen molar-refractivity contribution in [2.24, 2.45) is 4.99 Å². The zero-order valence-electron chi connectivity index (χ0n) is 17.0. The Hall–Kier alpha value is -3.47. The maximum atomic E-state index is 14.4. The smallest absolute Gasteiger partial charge is 0.415 e. The monoisotopic (exact) mass is 430 g/mol. The van der Waals surface area contributed by atoms with Crippen LogP contribution in [0.15, 0.2) is 40.1 Å². The Morgan fingerprint density at radius 3 is 3.03 bits per heavy atom. The third-order valence-corrected chi connectivity index (χ3v) is 4.97. The van der Waals surface area contributed by atoms with Gasteiger partial charge in [0.25, 0.3) is 5.56 Å². The van der Waals surface area contributed by atoms with Gasteiger partial charge in [0.2, 0.25) is 0 Å². The van der Waals surface area contributed by atoms with Crippen molar-refractivity contribution in [1.82, 2.24) is 25.1 Å². The molecule has 11 heteroatoms. The van der Waals surface area contributed by atoms with Gasteiger partial charge in [0, 0.05) is 25.8 Å². The van der Waals surface area contributed by atoms with Crippen molar-refractivity contribution < 1.29 is 18.7 Å². The molecule has 1 aromatic carbocycles. The number of aliphatic imine (C=N–C) groups is 1. The number of rotatable bonds is 8. The van der Waals surface area contributed by atoms with E-state index in [1.807, 2.05) is 0 Å². The van der Waals surface area contributed by atoms with Crippen LogP contribution in [0.2, 0.25) is 0 Å². The lowest BCUT2D eigenvalue weighted by Gasteiger charge is -2.19. The number of benzene rings is 1. The molecule has 1 atom stereocenters. The Balaban J connectivity index is 1.32. The van der Waals surface area contributed by atoms with E-state index in [-0.39, 0.29) is 24.0 Å². The first-order chi connectivity index (χ1) is 15.1. The number of aromatic nitrogens is 2. The highest BCUT2D eigenvalue weighted by Gasteiger charge is 2.33. The number of fused-ring (bicyclic) bond motifs is 1. The fourth-order valence-corrected chi connectivity index (χ4v) is 3.51. The average Bonchev–Trinajstić information content (AvgIpc) is 3.15. The number of halogens is 1. The molecule has 0 saturated carbocycles. The van der Waals surface area contributed by atoms with Crippen LogP contribution in [-0.4, -0.2) is 65.6 Å². The van der Waals surface area contributed by atoms with Crippen LogP contribution in [0.5, 0.6) is 5.75 Å². The van der Waals surface area contributed by atoms with Gasteiger partial charge in [-0.15, -0.1) is 0 Å². The van der Waals surface area contributed by atoms with E-state index in [4.69, 9.17) is 9.47 Å². The number of cyclic esters (lactones) is 1.